The lowest BCUT2D eigenvalue weighted by Gasteiger charge is -2.37. The Hall–Kier alpha value is -4.26. The average Bonchev–Trinajstić information content (AvgIpc) is 3.83. The number of nitrogens with zero attached hydrogens (tertiary/aromatic N) is 4. The topological polar surface area (TPSA) is 86.3 Å². The van der Waals surface area contributed by atoms with E-state index in [1.807, 2.05) is 6.07 Å². The van der Waals surface area contributed by atoms with Crippen LogP contribution in [0.25, 0.3) is 43.7 Å². The highest BCUT2D eigenvalue weighted by Crippen LogP contribution is 2.49. The number of halogens is 2. The fourth-order valence-electron chi connectivity index (χ4n) is 8.53. The minimum absolute atomic E-state index is 0.136. The zero-order valence-corrected chi connectivity index (χ0v) is 26.3. The maximum absolute atomic E-state index is 17.4. The van der Waals surface area contributed by atoms with E-state index < -0.39 is 11.6 Å². The van der Waals surface area contributed by atoms with Gasteiger partial charge in [-0.05, 0) is 106 Å². The first-order valence-corrected chi connectivity index (χ1v) is 16.3. The first-order valence-electron chi connectivity index (χ1n) is 16.3. The molecule has 4 fully saturated rings. The average molecular weight is 622 g/mol. The lowest BCUT2D eigenvalue weighted by molar-refractivity contribution is 0.119. The molecule has 1 aliphatic carbocycles. The molecule has 5 aromatic rings. The number of rotatable bonds is 7. The SMILES string of the molecule is Cc1cc2c(O[C@@H](C)C3CCCN3C)nc3c(F)c(-c4c(O)ccc5ccc(F)cc45)c(CCC#N)cc3c2n1[C@H]1[C@H]2CN[C@@H]1C2. The molecule has 1 saturated carbocycles. The number of aromatic nitrogens is 2. The lowest BCUT2D eigenvalue weighted by Crippen LogP contribution is -2.39. The molecule has 7 nitrogen and oxygen atoms in total. The van der Waals surface area contributed by atoms with Crippen molar-refractivity contribution < 1.29 is 18.6 Å². The number of hydrogen-bond acceptors (Lipinski definition) is 6. The molecular formula is C37H37F2N5O2. The van der Waals surface area contributed by atoms with Crippen LogP contribution in [-0.4, -0.2) is 57.9 Å². The normalized spacial score (nSPS) is 23.3. The van der Waals surface area contributed by atoms with Crippen LogP contribution < -0.4 is 10.1 Å². The fourth-order valence-corrected chi connectivity index (χ4v) is 8.53. The van der Waals surface area contributed by atoms with Gasteiger partial charge < -0.3 is 19.7 Å². The maximum atomic E-state index is 17.4. The van der Waals surface area contributed by atoms with Crippen LogP contribution in [0.1, 0.15) is 49.9 Å². The molecule has 46 heavy (non-hydrogen) atoms. The number of phenols is 1. The molecule has 3 aromatic carbocycles. The Morgan fingerprint density at radius 1 is 1.13 bits per heavy atom. The first-order chi connectivity index (χ1) is 22.2. The Morgan fingerprint density at radius 2 is 1.96 bits per heavy atom. The first kappa shape index (κ1) is 29.2. The smallest absolute Gasteiger partial charge is 0.223 e. The Bertz CT molecular complexity index is 2070. The summed E-state index contributed by atoms with van der Waals surface area (Å²) < 4.78 is 41.0. The molecule has 3 saturated heterocycles. The Balaban J connectivity index is 1.43. The third-order valence-electron chi connectivity index (χ3n) is 10.8. The van der Waals surface area contributed by atoms with E-state index in [-0.39, 0.29) is 53.4 Å². The summed E-state index contributed by atoms with van der Waals surface area (Å²) in [5.41, 5.74) is 2.98. The molecule has 0 spiro atoms. The summed E-state index contributed by atoms with van der Waals surface area (Å²) in [7, 11) is 2.11. The van der Waals surface area contributed by atoms with Crippen molar-refractivity contribution in [2.24, 2.45) is 5.92 Å². The molecule has 3 aliphatic heterocycles. The van der Waals surface area contributed by atoms with Crippen LogP contribution in [0.5, 0.6) is 11.6 Å². The highest BCUT2D eigenvalue weighted by Gasteiger charge is 2.48. The lowest BCUT2D eigenvalue weighted by atomic mass is 9.79. The molecule has 2 aromatic heterocycles. The number of aryl methyl sites for hydroxylation is 2. The van der Waals surface area contributed by atoms with E-state index in [1.165, 1.54) is 18.2 Å². The van der Waals surface area contributed by atoms with Crippen LogP contribution in [0.4, 0.5) is 8.78 Å². The van der Waals surface area contributed by atoms with Gasteiger partial charge in [0, 0.05) is 47.3 Å². The van der Waals surface area contributed by atoms with Crippen molar-refractivity contribution in [3.05, 3.63) is 65.4 Å². The van der Waals surface area contributed by atoms with Crippen molar-refractivity contribution >= 4 is 32.6 Å². The monoisotopic (exact) mass is 621 g/mol. The van der Waals surface area contributed by atoms with Crippen molar-refractivity contribution in [1.29, 1.82) is 5.26 Å². The molecule has 236 valence electrons. The van der Waals surface area contributed by atoms with Crippen LogP contribution in [0, 0.1) is 35.8 Å². The second-order valence-electron chi connectivity index (χ2n) is 13.5. The third-order valence-corrected chi connectivity index (χ3v) is 10.8. The largest absolute Gasteiger partial charge is 0.507 e. The van der Waals surface area contributed by atoms with E-state index in [1.54, 1.807) is 12.1 Å². The number of ether oxygens (including phenoxy) is 1. The predicted octanol–water partition coefficient (Wildman–Crippen LogP) is 7.15. The summed E-state index contributed by atoms with van der Waals surface area (Å²) in [6.45, 7) is 6.10. The van der Waals surface area contributed by atoms with Gasteiger partial charge in [0.1, 0.15) is 23.2 Å². The van der Waals surface area contributed by atoms with Gasteiger partial charge in [0.25, 0.3) is 0 Å². The molecular weight excluding hydrogens is 584 g/mol. The van der Waals surface area contributed by atoms with E-state index in [0.29, 0.717) is 39.6 Å². The standard InChI is InChI=1S/C37H37F2N5O2/c1-19-14-27-36(44(19)35-23-16-28(35)41-18-23)26-15-22(6-4-12-40)31(32-25-17-24(38)10-8-21(25)9-11-30(32)45)33(39)34(26)42-37(27)46-20(2)29-7-5-13-43(29)3/h8-11,14-15,17,20,23,28-29,35,41,45H,4-7,13,16,18H2,1-3H3/t20-,23+,28+,29?,35-/m0/s1. The van der Waals surface area contributed by atoms with Gasteiger partial charge in [0.05, 0.1) is 23.0 Å². The second kappa shape index (κ2) is 10.9. The van der Waals surface area contributed by atoms with Gasteiger partial charge in [-0.1, -0.05) is 12.1 Å². The fraction of sp³-hybridized carbons (Fsp3) is 0.405. The van der Waals surface area contributed by atoms with Crippen molar-refractivity contribution in [3.8, 4) is 28.8 Å². The predicted molar refractivity (Wildman–Crippen MR) is 175 cm³/mol. The van der Waals surface area contributed by atoms with E-state index in [9.17, 15) is 14.8 Å². The maximum Gasteiger partial charge on any atom is 0.223 e. The molecule has 9 rings (SSSR count). The van der Waals surface area contributed by atoms with Crippen molar-refractivity contribution in [1.82, 2.24) is 19.8 Å². The summed E-state index contributed by atoms with van der Waals surface area (Å²) in [4.78, 5) is 7.23. The second-order valence-corrected chi connectivity index (χ2v) is 13.5. The van der Waals surface area contributed by atoms with Crippen LogP contribution >= 0.6 is 0 Å². The molecule has 5 heterocycles. The van der Waals surface area contributed by atoms with Crippen LogP contribution in [0.15, 0.2) is 42.5 Å². The quantitative estimate of drug-likeness (QED) is 0.201. The zero-order chi connectivity index (χ0) is 31.9. The molecule has 0 radical (unpaired) electrons. The minimum atomic E-state index is -0.616. The highest BCUT2D eigenvalue weighted by molar-refractivity contribution is 6.10. The van der Waals surface area contributed by atoms with Gasteiger partial charge in [0.15, 0.2) is 5.82 Å². The van der Waals surface area contributed by atoms with E-state index in [4.69, 9.17) is 9.72 Å². The molecule has 9 heteroatoms. The van der Waals surface area contributed by atoms with Gasteiger partial charge in [-0.15, -0.1) is 0 Å². The highest BCUT2D eigenvalue weighted by atomic mass is 19.1. The Labute approximate surface area is 266 Å². The molecule has 2 N–H and O–H groups in total. The van der Waals surface area contributed by atoms with Crippen LogP contribution in [0.3, 0.4) is 0 Å². The third kappa shape index (κ3) is 4.38. The number of hydrogen-bond donors (Lipinski definition) is 2. The number of nitriles is 1. The number of fused-ring (bicyclic) bond motifs is 5. The minimum Gasteiger partial charge on any atom is -0.507 e. The van der Waals surface area contributed by atoms with E-state index >= 15 is 4.39 Å². The Kier molecular flexibility index (Phi) is 6.93. The van der Waals surface area contributed by atoms with Gasteiger partial charge in [-0.3, -0.25) is 4.90 Å². The van der Waals surface area contributed by atoms with Gasteiger partial charge in [0.2, 0.25) is 5.88 Å². The molecule has 4 aliphatic rings. The molecule has 5 atom stereocenters. The number of aromatic hydroxyl groups is 1. The van der Waals surface area contributed by atoms with Gasteiger partial charge in [-0.25, -0.2) is 13.8 Å². The van der Waals surface area contributed by atoms with Gasteiger partial charge in [-0.2, -0.15) is 5.26 Å². The van der Waals surface area contributed by atoms with E-state index in [2.05, 4.69) is 47.8 Å². The summed E-state index contributed by atoms with van der Waals surface area (Å²) >= 11 is 0. The summed E-state index contributed by atoms with van der Waals surface area (Å²) in [6.07, 6.45) is 3.46. The number of nitrogens with one attached hydrogen (secondary N) is 1. The molecule has 1 unspecified atom stereocenters. The number of likely N-dealkylation sites (tertiary alicyclic amines) is 1. The summed E-state index contributed by atoms with van der Waals surface area (Å²) in [5, 5.41) is 27.0. The zero-order valence-electron chi connectivity index (χ0n) is 26.3. The van der Waals surface area contributed by atoms with E-state index in [0.717, 1.165) is 48.9 Å². The van der Waals surface area contributed by atoms with Crippen LogP contribution in [-0.2, 0) is 6.42 Å². The van der Waals surface area contributed by atoms with Crippen molar-refractivity contribution in [2.75, 3.05) is 20.1 Å². The van der Waals surface area contributed by atoms with Crippen molar-refractivity contribution in [3.63, 3.8) is 0 Å². The number of pyridine rings is 1. The number of benzene rings is 3. The molecule has 0 amide bonds. The summed E-state index contributed by atoms with van der Waals surface area (Å²) in [6, 6.07) is 14.5. The van der Waals surface area contributed by atoms with Crippen LogP contribution in [0.2, 0.25) is 0 Å². The van der Waals surface area contributed by atoms with Crippen molar-refractivity contribution in [2.45, 2.75) is 70.2 Å². The number of likely N-dealkylation sites (N-methyl/N-ethyl adjacent to an activating group) is 1. The summed E-state index contributed by atoms with van der Waals surface area (Å²) in [5.74, 6) is -0.392. The Morgan fingerprint density at radius 3 is 2.67 bits per heavy atom. The van der Waals surface area contributed by atoms with Gasteiger partial charge >= 0.3 is 0 Å². The molecule has 2 bridgehead atoms. The number of phenolic OH excluding ortho intramolecular Hbond substituents is 1.